The Morgan fingerprint density at radius 3 is 2.42 bits per heavy atom. The number of rotatable bonds is 2. The highest BCUT2D eigenvalue weighted by Gasteiger charge is 2.36. The fraction of sp³-hybridized carbons (Fsp3) is 0.455. The minimum absolute atomic E-state index is 0.690. The highest BCUT2D eigenvalue weighted by molar-refractivity contribution is 5.23. The van der Waals surface area contributed by atoms with Crippen molar-refractivity contribution in [3.63, 3.8) is 0 Å². The Morgan fingerprint density at radius 1 is 1.25 bits per heavy atom. The highest BCUT2D eigenvalue weighted by Crippen LogP contribution is 2.36. The molecule has 0 aliphatic carbocycles. The maximum atomic E-state index is 2.50. The van der Waals surface area contributed by atoms with Crippen LogP contribution < -0.4 is 0 Å². The van der Waals surface area contributed by atoms with Crippen LogP contribution in [0.4, 0.5) is 0 Å². The molecule has 0 bridgehead atoms. The van der Waals surface area contributed by atoms with Crippen molar-refractivity contribution in [1.82, 2.24) is 4.90 Å². The molecule has 12 heavy (non-hydrogen) atoms. The second-order valence-electron chi connectivity index (χ2n) is 3.72. The molecule has 0 saturated carbocycles. The Kier molecular flexibility index (Phi) is 1.89. The molecule has 64 valence electrons. The molecule has 1 heterocycles. The van der Waals surface area contributed by atoms with Gasteiger partial charge in [0.1, 0.15) is 0 Å². The van der Waals surface area contributed by atoms with Gasteiger partial charge in [-0.25, -0.2) is 0 Å². The molecule has 1 fully saturated rings. The Labute approximate surface area is 74.0 Å². The van der Waals surface area contributed by atoms with Gasteiger partial charge in [-0.15, -0.1) is 0 Å². The maximum absolute atomic E-state index is 2.50. The standard InChI is InChI=1S/C11H15N/c1-9(2)12-8-11(12)10-6-4-3-5-7-10/h3-7,9,11H,8H2,1-2H3/t11-,12?/m1/s1. The van der Waals surface area contributed by atoms with Gasteiger partial charge in [-0.3, -0.25) is 4.90 Å². The summed E-state index contributed by atoms with van der Waals surface area (Å²) in [5.41, 5.74) is 1.46. The van der Waals surface area contributed by atoms with Crippen LogP contribution in [-0.2, 0) is 0 Å². The van der Waals surface area contributed by atoms with Crippen molar-refractivity contribution in [3.8, 4) is 0 Å². The quantitative estimate of drug-likeness (QED) is 0.602. The molecule has 1 aromatic carbocycles. The van der Waals surface area contributed by atoms with Crippen LogP contribution in [0.1, 0.15) is 25.5 Å². The van der Waals surface area contributed by atoms with Gasteiger partial charge >= 0.3 is 0 Å². The van der Waals surface area contributed by atoms with Gasteiger partial charge in [0.25, 0.3) is 0 Å². The average molecular weight is 161 g/mol. The second-order valence-corrected chi connectivity index (χ2v) is 3.72. The first-order valence-electron chi connectivity index (χ1n) is 4.59. The third-order valence-electron chi connectivity index (χ3n) is 2.50. The van der Waals surface area contributed by atoms with Crippen molar-refractivity contribution in [1.29, 1.82) is 0 Å². The lowest BCUT2D eigenvalue weighted by molar-refractivity contribution is 0.425. The third kappa shape index (κ3) is 1.37. The first-order chi connectivity index (χ1) is 5.79. The summed E-state index contributed by atoms with van der Waals surface area (Å²) < 4.78 is 0. The summed E-state index contributed by atoms with van der Waals surface area (Å²) in [6.45, 7) is 5.74. The first-order valence-corrected chi connectivity index (χ1v) is 4.59. The van der Waals surface area contributed by atoms with Crippen molar-refractivity contribution in [3.05, 3.63) is 35.9 Å². The van der Waals surface area contributed by atoms with Gasteiger partial charge in [0.2, 0.25) is 0 Å². The molecule has 1 heteroatoms. The normalized spacial score (nSPS) is 27.6. The van der Waals surface area contributed by atoms with E-state index in [-0.39, 0.29) is 0 Å². The van der Waals surface area contributed by atoms with Gasteiger partial charge in [0.05, 0.1) is 0 Å². The van der Waals surface area contributed by atoms with E-state index in [1.807, 2.05) is 0 Å². The van der Waals surface area contributed by atoms with E-state index >= 15 is 0 Å². The number of benzene rings is 1. The summed E-state index contributed by atoms with van der Waals surface area (Å²) in [6.07, 6.45) is 0. The smallest absolute Gasteiger partial charge is 0.0479 e. The zero-order chi connectivity index (χ0) is 8.55. The van der Waals surface area contributed by atoms with E-state index in [1.54, 1.807) is 0 Å². The van der Waals surface area contributed by atoms with Gasteiger partial charge in [-0.2, -0.15) is 0 Å². The Bertz CT molecular complexity index is 253. The van der Waals surface area contributed by atoms with Crippen LogP contribution in [0.3, 0.4) is 0 Å². The molecule has 2 atom stereocenters. The third-order valence-corrected chi connectivity index (χ3v) is 2.50. The van der Waals surface area contributed by atoms with Crippen LogP contribution in [0.15, 0.2) is 30.3 Å². The van der Waals surface area contributed by atoms with E-state index in [0.29, 0.717) is 12.1 Å². The topological polar surface area (TPSA) is 3.01 Å². The van der Waals surface area contributed by atoms with Gasteiger partial charge in [-0.05, 0) is 19.4 Å². The van der Waals surface area contributed by atoms with Gasteiger partial charge in [-0.1, -0.05) is 30.3 Å². The fourth-order valence-electron chi connectivity index (χ4n) is 1.70. The van der Waals surface area contributed by atoms with Crippen LogP contribution in [-0.4, -0.2) is 17.5 Å². The molecular formula is C11H15N. The molecule has 1 aliphatic heterocycles. The molecule has 1 aromatic rings. The monoisotopic (exact) mass is 161 g/mol. The van der Waals surface area contributed by atoms with Crippen LogP contribution >= 0.6 is 0 Å². The SMILES string of the molecule is CC(C)N1C[C@@H]1c1ccccc1. The molecule has 0 aromatic heterocycles. The number of nitrogens with zero attached hydrogens (tertiary/aromatic N) is 1. The van der Waals surface area contributed by atoms with Gasteiger partial charge in [0, 0.05) is 18.6 Å². The molecular weight excluding hydrogens is 146 g/mol. The van der Waals surface area contributed by atoms with Crippen molar-refractivity contribution in [2.45, 2.75) is 25.9 Å². The molecule has 1 saturated heterocycles. The summed E-state index contributed by atoms with van der Waals surface area (Å²) in [4.78, 5) is 2.50. The van der Waals surface area contributed by atoms with Crippen LogP contribution in [0.25, 0.3) is 0 Å². The first kappa shape index (κ1) is 7.81. The summed E-state index contributed by atoms with van der Waals surface area (Å²) in [5, 5.41) is 0. The van der Waals surface area contributed by atoms with Gasteiger partial charge in [0.15, 0.2) is 0 Å². The zero-order valence-electron chi connectivity index (χ0n) is 7.70. The minimum atomic E-state index is 0.690. The molecule has 1 nitrogen and oxygen atoms in total. The molecule has 1 unspecified atom stereocenters. The Balaban J connectivity index is 2.06. The van der Waals surface area contributed by atoms with Crippen molar-refractivity contribution in [2.24, 2.45) is 0 Å². The molecule has 2 rings (SSSR count). The lowest BCUT2D eigenvalue weighted by Crippen LogP contribution is -2.08. The summed E-state index contributed by atoms with van der Waals surface area (Å²) in [7, 11) is 0. The number of hydrogen-bond acceptors (Lipinski definition) is 1. The van der Waals surface area contributed by atoms with E-state index in [0.717, 1.165) is 0 Å². The zero-order valence-corrected chi connectivity index (χ0v) is 7.70. The molecule has 0 spiro atoms. The predicted octanol–water partition coefficient (Wildman–Crippen LogP) is 2.45. The Hall–Kier alpha value is -0.820. The highest BCUT2D eigenvalue weighted by atomic mass is 15.3. The van der Waals surface area contributed by atoms with E-state index < -0.39 is 0 Å². The maximum Gasteiger partial charge on any atom is 0.0479 e. The number of hydrogen-bond donors (Lipinski definition) is 0. The summed E-state index contributed by atoms with van der Waals surface area (Å²) in [6, 6.07) is 12.1. The van der Waals surface area contributed by atoms with Crippen LogP contribution in [0.2, 0.25) is 0 Å². The fourth-order valence-corrected chi connectivity index (χ4v) is 1.70. The minimum Gasteiger partial charge on any atom is -0.291 e. The average Bonchev–Trinajstić information content (AvgIpc) is 2.84. The molecule has 0 radical (unpaired) electrons. The van der Waals surface area contributed by atoms with E-state index in [4.69, 9.17) is 0 Å². The molecule has 0 N–H and O–H groups in total. The van der Waals surface area contributed by atoms with Crippen molar-refractivity contribution >= 4 is 0 Å². The van der Waals surface area contributed by atoms with Crippen LogP contribution in [0, 0.1) is 0 Å². The second kappa shape index (κ2) is 2.91. The Morgan fingerprint density at radius 2 is 1.92 bits per heavy atom. The largest absolute Gasteiger partial charge is 0.291 e. The molecule has 0 amide bonds. The molecule has 1 aliphatic rings. The van der Waals surface area contributed by atoms with Crippen molar-refractivity contribution < 1.29 is 0 Å². The van der Waals surface area contributed by atoms with Crippen molar-refractivity contribution in [2.75, 3.05) is 6.54 Å². The lowest BCUT2D eigenvalue weighted by atomic mass is 10.2. The van der Waals surface area contributed by atoms with E-state index in [9.17, 15) is 0 Å². The lowest BCUT2D eigenvalue weighted by Gasteiger charge is -2.06. The van der Waals surface area contributed by atoms with Crippen LogP contribution in [0.5, 0.6) is 0 Å². The van der Waals surface area contributed by atoms with Gasteiger partial charge < -0.3 is 0 Å². The summed E-state index contributed by atoms with van der Waals surface area (Å²) in [5.74, 6) is 0. The summed E-state index contributed by atoms with van der Waals surface area (Å²) >= 11 is 0. The van der Waals surface area contributed by atoms with E-state index in [2.05, 4.69) is 49.1 Å². The van der Waals surface area contributed by atoms with E-state index in [1.165, 1.54) is 12.1 Å². The predicted molar refractivity (Wildman–Crippen MR) is 51.0 cm³/mol.